The molecule has 0 saturated carbocycles. The Morgan fingerprint density at radius 2 is 1.56 bits per heavy atom. The lowest BCUT2D eigenvalue weighted by atomic mass is 10.0. The second-order valence-electron chi connectivity index (χ2n) is 5.26. The highest BCUT2D eigenvalue weighted by atomic mass is 32.1. The molecule has 3 aromatic rings. The molecule has 0 amide bonds. The molecule has 2 aromatic carbocycles. The Kier molecular flexibility index (Phi) is 2.63. The van der Waals surface area contributed by atoms with Gasteiger partial charge in [0.1, 0.15) is 0 Å². The Morgan fingerprint density at radius 1 is 0.944 bits per heavy atom. The molecule has 0 spiro atoms. The van der Waals surface area contributed by atoms with Crippen LogP contribution in [0.5, 0.6) is 0 Å². The van der Waals surface area contributed by atoms with Gasteiger partial charge in [-0.2, -0.15) is 0 Å². The summed E-state index contributed by atoms with van der Waals surface area (Å²) >= 11 is 4.60. The van der Waals surface area contributed by atoms with Crippen molar-refractivity contribution in [3.05, 3.63) is 47.5 Å². The van der Waals surface area contributed by atoms with E-state index in [9.17, 15) is 0 Å². The van der Waals surface area contributed by atoms with E-state index in [1.807, 2.05) is 3.97 Å². The maximum absolute atomic E-state index is 4.60. The number of aryl methyl sites for hydroxylation is 1. The minimum atomic E-state index is 0.553. The Morgan fingerprint density at radius 3 is 2.22 bits per heavy atom. The standard InChI is InChI=1S/C16H17NS/c1-10(2)12-5-7-16-14(9-12)13-8-11(3)4-6-15(13)17(16)18/h4-10,18H,1-3H3. The topological polar surface area (TPSA) is 4.93 Å². The van der Waals surface area contributed by atoms with Crippen molar-refractivity contribution in [2.24, 2.45) is 0 Å². The molecule has 0 atom stereocenters. The van der Waals surface area contributed by atoms with Gasteiger partial charge >= 0.3 is 0 Å². The average Bonchev–Trinajstić information content (AvgIpc) is 2.62. The molecule has 92 valence electrons. The van der Waals surface area contributed by atoms with E-state index in [0.29, 0.717) is 5.92 Å². The van der Waals surface area contributed by atoms with Gasteiger partial charge < -0.3 is 0 Å². The minimum Gasteiger partial charge on any atom is -0.286 e. The van der Waals surface area contributed by atoms with Gasteiger partial charge in [-0.3, -0.25) is 3.97 Å². The first-order valence-corrected chi connectivity index (χ1v) is 6.72. The fourth-order valence-corrected chi connectivity index (χ4v) is 2.84. The van der Waals surface area contributed by atoms with Gasteiger partial charge in [0.2, 0.25) is 0 Å². The summed E-state index contributed by atoms with van der Waals surface area (Å²) in [7, 11) is 0. The maximum Gasteiger partial charge on any atom is 0.0602 e. The summed E-state index contributed by atoms with van der Waals surface area (Å²) in [5, 5.41) is 2.59. The molecule has 18 heavy (non-hydrogen) atoms. The van der Waals surface area contributed by atoms with E-state index in [1.165, 1.54) is 32.9 Å². The van der Waals surface area contributed by atoms with Crippen LogP contribution in [-0.2, 0) is 0 Å². The van der Waals surface area contributed by atoms with Crippen LogP contribution in [0.15, 0.2) is 36.4 Å². The van der Waals surface area contributed by atoms with E-state index in [0.717, 1.165) is 0 Å². The molecule has 3 rings (SSSR count). The number of hydrogen-bond acceptors (Lipinski definition) is 1. The molecule has 0 aliphatic heterocycles. The highest BCUT2D eigenvalue weighted by molar-refractivity contribution is 7.79. The number of fused-ring (bicyclic) bond motifs is 3. The summed E-state index contributed by atoms with van der Waals surface area (Å²) in [5.41, 5.74) is 5.03. The number of thiol groups is 1. The molecular formula is C16H17NS. The summed E-state index contributed by atoms with van der Waals surface area (Å²) < 4.78 is 1.98. The summed E-state index contributed by atoms with van der Waals surface area (Å²) in [6.07, 6.45) is 0. The van der Waals surface area contributed by atoms with Crippen molar-refractivity contribution in [2.45, 2.75) is 26.7 Å². The van der Waals surface area contributed by atoms with Crippen LogP contribution >= 0.6 is 12.8 Å². The van der Waals surface area contributed by atoms with E-state index >= 15 is 0 Å². The lowest BCUT2D eigenvalue weighted by molar-refractivity contribution is 0.869. The molecule has 0 N–H and O–H groups in total. The van der Waals surface area contributed by atoms with Crippen molar-refractivity contribution in [1.82, 2.24) is 3.97 Å². The molecule has 0 unspecified atom stereocenters. The van der Waals surface area contributed by atoms with E-state index in [2.05, 4.69) is 70.0 Å². The van der Waals surface area contributed by atoms with Crippen molar-refractivity contribution in [3.63, 3.8) is 0 Å². The van der Waals surface area contributed by atoms with Crippen LogP contribution in [0.3, 0.4) is 0 Å². The van der Waals surface area contributed by atoms with Crippen LogP contribution in [0.1, 0.15) is 30.9 Å². The zero-order valence-corrected chi connectivity index (χ0v) is 11.8. The van der Waals surface area contributed by atoms with Gasteiger partial charge in [-0.05, 0) is 42.7 Å². The van der Waals surface area contributed by atoms with Crippen LogP contribution < -0.4 is 0 Å². The number of hydrogen-bond donors (Lipinski definition) is 1. The molecule has 0 aliphatic carbocycles. The van der Waals surface area contributed by atoms with E-state index < -0.39 is 0 Å². The predicted octanol–water partition coefficient (Wildman–Crippen LogP) is 4.92. The van der Waals surface area contributed by atoms with Gasteiger partial charge in [-0.1, -0.05) is 44.4 Å². The molecule has 0 fully saturated rings. The van der Waals surface area contributed by atoms with E-state index in [4.69, 9.17) is 0 Å². The maximum atomic E-state index is 4.60. The zero-order valence-electron chi connectivity index (χ0n) is 10.9. The molecular weight excluding hydrogens is 238 g/mol. The van der Waals surface area contributed by atoms with Crippen LogP contribution in [0.4, 0.5) is 0 Å². The quantitative estimate of drug-likeness (QED) is 0.589. The predicted molar refractivity (Wildman–Crippen MR) is 82.7 cm³/mol. The first-order chi connectivity index (χ1) is 8.58. The van der Waals surface area contributed by atoms with Crippen LogP contribution in [0.2, 0.25) is 0 Å². The van der Waals surface area contributed by atoms with Crippen molar-refractivity contribution in [2.75, 3.05) is 0 Å². The van der Waals surface area contributed by atoms with Gasteiger partial charge in [0.25, 0.3) is 0 Å². The molecule has 0 aliphatic rings. The van der Waals surface area contributed by atoms with Crippen molar-refractivity contribution in [1.29, 1.82) is 0 Å². The highest BCUT2D eigenvalue weighted by Gasteiger charge is 2.10. The average molecular weight is 255 g/mol. The first kappa shape index (κ1) is 11.7. The molecule has 2 heteroatoms. The number of nitrogens with zero attached hydrogens (tertiary/aromatic N) is 1. The summed E-state index contributed by atoms with van der Waals surface area (Å²) in [4.78, 5) is 0. The van der Waals surface area contributed by atoms with Gasteiger partial charge in [0.15, 0.2) is 0 Å². The third kappa shape index (κ3) is 1.64. The zero-order chi connectivity index (χ0) is 12.9. The summed E-state index contributed by atoms with van der Waals surface area (Å²) in [6.45, 7) is 6.59. The van der Waals surface area contributed by atoms with Crippen LogP contribution in [0.25, 0.3) is 21.8 Å². The summed E-state index contributed by atoms with van der Waals surface area (Å²) in [5.74, 6) is 0.553. The fraction of sp³-hybridized carbons (Fsp3) is 0.250. The Labute approximate surface area is 113 Å². The van der Waals surface area contributed by atoms with Crippen molar-refractivity contribution in [3.8, 4) is 0 Å². The van der Waals surface area contributed by atoms with Gasteiger partial charge in [-0.15, -0.1) is 0 Å². The smallest absolute Gasteiger partial charge is 0.0602 e. The third-order valence-corrected chi connectivity index (χ3v) is 4.02. The molecule has 0 saturated heterocycles. The molecule has 0 radical (unpaired) electrons. The summed E-state index contributed by atoms with van der Waals surface area (Å²) in [6, 6.07) is 13.2. The minimum absolute atomic E-state index is 0.553. The van der Waals surface area contributed by atoms with Gasteiger partial charge in [-0.25, -0.2) is 0 Å². The second kappa shape index (κ2) is 4.06. The molecule has 0 bridgehead atoms. The van der Waals surface area contributed by atoms with Crippen molar-refractivity contribution < 1.29 is 0 Å². The largest absolute Gasteiger partial charge is 0.286 e. The number of benzene rings is 2. The fourth-order valence-electron chi connectivity index (χ4n) is 2.49. The number of rotatable bonds is 1. The van der Waals surface area contributed by atoms with E-state index in [1.54, 1.807) is 0 Å². The first-order valence-electron chi connectivity index (χ1n) is 6.32. The lowest BCUT2D eigenvalue weighted by Crippen LogP contribution is -1.86. The Hall–Kier alpha value is -1.41. The molecule has 1 aromatic heterocycles. The second-order valence-corrected chi connectivity index (χ2v) is 5.66. The van der Waals surface area contributed by atoms with Crippen LogP contribution in [0, 0.1) is 6.92 Å². The Balaban J connectivity index is 2.46. The SMILES string of the molecule is Cc1ccc2c(c1)c1cc(C(C)C)ccc1n2S. The number of aromatic nitrogens is 1. The van der Waals surface area contributed by atoms with Crippen molar-refractivity contribution >= 4 is 34.6 Å². The lowest BCUT2D eigenvalue weighted by Gasteiger charge is -2.05. The third-order valence-electron chi connectivity index (χ3n) is 3.59. The molecule has 1 heterocycles. The molecule has 1 nitrogen and oxygen atoms in total. The Bertz CT molecular complexity index is 738. The normalized spacial score (nSPS) is 11.8. The van der Waals surface area contributed by atoms with Gasteiger partial charge in [0, 0.05) is 10.8 Å². The van der Waals surface area contributed by atoms with E-state index in [-0.39, 0.29) is 0 Å². The monoisotopic (exact) mass is 255 g/mol. The highest BCUT2D eigenvalue weighted by Crippen LogP contribution is 2.32. The van der Waals surface area contributed by atoms with Gasteiger partial charge in [0.05, 0.1) is 11.0 Å². The van der Waals surface area contributed by atoms with Crippen LogP contribution in [-0.4, -0.2) is 3.97 Å².